The first-order valence-corrected chi connectivity index (χ1v) is 8.80. The van der Waals surface area contributed by atoms with Crippen LogP contribution >= 0.6 is 0 Å². The molecule has 0 saturated heterocycles. The lowest BCUT2D eigenvalue weighted by Crippen LogP contribution is -2.39. The summed E-state index contributed by atoms with van der Waals surface area (Å²) in [7, 11) is -1.95. The SMILES string of the molecule is CN(C1CC1)S(=O)(=O)NCc1cccc2ccc(C(=O)O)cc12. The minimum absolute atomic E-state index is 0.0960. The summed E-state index contributed by atoms with van der Waals surface area (Å²) in [6.45, 7) is 0.125. The van der Waals surface area contributed by atoms with Crippen LogP contribution in [-0.2, 0) is 16.8 Å². The zero-order valence-corrected chi connectivity index (χ0v) is 13.5. The minimum Gasteiger partial charge on any atom is -0.478 e. The summed E-state index contributed by atoms with van der Waals surface area (Å²) in [4.78, 5) is 11.1. The Hall–Kier alpha value is -1.96. The van der Waals surface area contributed by atoms with E-state index in [1.165, 1.54) is 4.31 Å². The molecule has 2 aromatic carbocycles. The number of hydrogen-bond acceptors (Lipinski definition) is 3. The predicted octanol–water partition coefficient (Wildman–Crippen LogP) is 1.97. The molecule has 1 aliphatic carbocycles. The molecule has 0 heterocycles. The van der Waals surface area contributed by atoms with Gasteiger partial charge in [-0.05, 0) is 41.3 Å². The number of aromatic carboxylic acids is 1. The second-order valence-electron chi connectivity index (χ2n) is 5.73. The first-order chi connectivity index (χ1) is 10.9. The summed E-state index contributed by atoms with van der Waals surface area (Å²) in [6, 6.07) is 10.4. The smallest absolute Gasteiger partial charge is 0.335 e. The zero-order valence-electron chi connectivity index (χ0n) is 12.7. The number of carbonyl (C=O) groups is 1. The molecule has 0 aromatic heterocycles. The van der Waals surface area contributed by atoms with Crippen molar-refractivity contribution >= 4 is 27.0 Å². The highest BCUT2D eigenvalue weighted by Gasteiger charge is 2.33. The highest BCUT2D eigenvalue weighted by molar-refractivity contribution is 7.87. The third-order valence-electron chi connectivity index (χ3n) is 4.10. The maximum Gasteiger partial charge on any atom is 0.335 e. The summed E-state index contributed by atoms with van der Waals surface area (Å²) in [6.07, 6.45) is 1.79. The van der Waals surface area contributed by atoms with Crippen LogP contribution in [-0.4, -0.2) is 36.9 Å². The van der Waals surface area contributed by atoms with Crippen molar-refractivity contribution in [3.8, 4) is 0 Å². The van der Waals surface area contributed by atoms with Gasteiger partial charge in [0.25, 0.3) is 10.2 Å². The van der Waals surface area contributed by atoms with E-state index in [1.807, 2.05) is 12.1 Å². The summed E-state index contributed by atoms with van der Waals surface area (Å²) < 4.78 is 28.4. The largest absolute Gasteiger partial charge is 0.478 e. The van der Waals surface area contributed by atoms with E-state index in [4.69, 9.17) is 5.11 Å². The fourth-order valence-electron chi connectivity index (χ4n) is 2.53. The van der Waals surface area contributed by atoms with Gasteiger partial charge in [-0.3, -0.25) is 0 Å². The second kappa shape index (κ2) is 5.92. The van der Waals surface area contributed by atoms with Gasteiger partial charge in [-0.25, -0.2) is 4.79 Å². The average Bonchev–Trinajstić information content (AvgIpc) is 3.36. The molecular formula is C16H18N2O4S. The highest BCUT2D eigenvalue weighted by Crippen LogP contribution is 2.27. The number of nitrogens with one attached hydrogen (secondary N) is 1. The van der Waals surface area contributed by atoms with Crippen molar-refractivity contribution in [3.05, 3.63) is 47.5 Å². The first-order valence-electron chi connectivity index (χ1n) is 7.36. The topological polar surface area (TPSA) is 86.7 Å². The molecule has 3 rings (SSSR count). The van der Waals surface area contributed by atoms with E-state index in [0.29, 0.717) is 0 Å². The maximum absolute atomic E-state index is 12.2. The van der Waals surface area contributed by atoms with Gasteiger partial charge in [-0.1, -0.05) is 24.3 Å². The minimum atomic E-state index is -3.52. The Bertz CT molecular complexity index is 860. The molecular weight excluding hydrogens is 316 g/mol. The Balaban J connectivity index is 1.87. The standard InChI is InChI=1S/C16H18N2O4S/c1-18(14-7-8-14)23(21,22)17-10-13-4-2-3-11-5-6-12(16(19)20)9-15(11)13/h2-6,9,14,17H,7-8,10H2,1H3,(H,19,20). The number of benzene rings is 2. The molecule has 122 valence electrons. The number of hydrogen-bond donors (Lipinski definition) is 2. The summed E-state index contributed by atoms with van der Waals surface area (Å²) in [5.74, 6) is -1.00. The van der Waals surface area contributed by atoms with E-state index in [1.54, 1.807) is 31.3 Å². The van der Waals surface area contributed by atoms with Crippen molar-refractivity contribution in [3.63, 3.8) is 0 Å². The Morgan fingerprint density at radius 3 is 2.70 bits per heavy atom. The van der Waals surface area contributed by atoms with Crippen molar-refractivity contribution in [1.82, 2.24) is 9.03 Å². The molecule has 0 bridgehead atoms. The molecule has 0 spiro atoms. The molecule has 1 fully saturated rings. The van der Waals surface area contributed by atoms with E-state index in [-0.39, 0.29) is 18.2 Å². The Morgan fingerprint density at radius 1 is 1.30 bits per heavy atom. The van der Waals surface area contributed by atoms with E-state index in [2.05, 4.69) is 4.72 Å². The van der Waals surface area contributed by atoms with Crippen LogP contribution < -0.4 is 4.72 Å². The number of rotatable bonds is 6. The lowest BCUT2D eigenvalue weighted by molar-refractivity contribution is 0.0697. The van der Waals surface area contributed by atoms with Gasteiger partial charge in [0.1, 0.15) is 0 Å². The third-order valence-corrected chi connectivity index (χ3v) is 5.67. The second-order valence-corrected chi connectivity index (χ2v) is 7.55. The number of nitrogens with zero attached hydrogens (tertiary/aromatic N) is 1. The van der Waals surface area contributed by atoms with E-state index in [9.17, 15) is 13.2 Å². The molecule has 0 unspecified atom stereocenters. The van der Waals surface area contributed by atoms with Crippen molar-refractivity contribution < 1.29 is 18.3 Å². The number of carboxylic acid groups (broad SMARTS) is 1. The Kier molecular flexibility index (Phi) is 4.09. The van der Waals surface area contributed by atoms with Gasteiger partial charge in [0.05, 0.1) is 5.56 Å². The normalized spacial score (nSPS) is 15.2. The average molecular weight is 334 g/mol. The molecule has 2 aromatic rings. The van der Waals surface area contributed by atoms with Gasteiger partial charge in [0, 0.05) is 19.6 Å². The molecule has 2 N–H and O–H groups in total. The van der Waals surface area contributed by atoms with Gasteiger partial charge in [0.2, 0.25) is 0 Å². The first kappa shape index (κ1) is 15.9. The summed E-state index contributed by atoms with van der Waals surface area (Å²) >= 11 is 0. The molecule has 0 atom stereocenters. The van der Waals surface area contributed by atoms with Crippen LogP contribution in [0.15, 0.2) is 36.4 Å². The van der Waals surface area contributed by atoms with Crippen LogP contribution in [0.4, 0.5) is 0 Å². The molecule has 0 radical (unpaired) electrons. The Labute approximate surface area is 134 Å². The third kappa shape index (κ3) is 3.36. The Morgan fingerprint density at radius 2 is 2.04 bits per heavy atom. The monoisotopic (exact) mass is 334 g/mol. The van der Waals surface area contributed by atoms with Crippen LogP contribution in [0.1, 0.15) is 28.8 Å². The van der Waals surface area contributed by atoms with Crippen LogP contribution in [0.25, 0.3) is 10.8 Å². The van der Waals surface area contributed by atoms with Gasteiger partial charge >= 0.3 is 5.97 Å². The van der Waals surface area contributed by atoms with Crippen molar-refractivity contribution in [2.45, 2.75) is 25.4 Å². The van der Waals surface area contributed by atoms with Crippen LogP contribution in [0.2, 0.25) is 0 Å². The van der Waals surface area contributed by atoms with Crippen LogP contribution in [0, 0.1) is 0 Å². The van der Waals surface area contributed by atoms with Gasteiger partial charge in [0.15, 0.2) is 0 Å². The lowest BCUT2D eigenvalue weighted by atomic mass is 10.0. The molecule has 7 heteroatoms. The molecule has 1 aliphatic rings. The van der Waals surface area contributed by atoms with Crippen LogP contribution in [0.3, 0.4) is 0 Å². The number of carboxylic acids is 1. The van der Waals surface area contributed by atoms with Crippen LogP contribution in [0.5, 0.6) is 0 Å². The molecule has 6 nitrogen and oxygen atoms in total. The predicted molar refractivity (Wildman–Crippen MR) is 87.5 cm³/mol. The quantitative estimate of drug-likeness (QED) is 0.845. The molecule has 0 amide bonds. The summed E-state index contributed by atoms with van der Waals surface area (Å²) in [5.41, 5.74) is 0.932. The van der Waals surface area contributed by atoms with Gasteiger partial charge in [-0.15, -0.1) is 0 Å². The van der Waals surface area contributed by atoms with E-state index < -0.39 is 16.2 Å². The molecule has 1 saturated carbocycles. The zero-order chi connectivity index (χ0) is 16.6. The van der Waals surface area contributed by atoms with Crippen molar-refractivity contribution in [2.75, 3.05) is 7.05 Å². The van der Waals surface area contributed by atoms with E-state index >= 15 is 0 Å². The van der Waals surface area contributed by atoms with Gasteiger partial charge < -0.3 is 5.11 Å². The fourth-order valence-corrected chi connectivity index (χ4v) is 3.67. The maximum atomic E-state index is 12.2. The fraction of sp³-hybridized carbons (Fsp3) is 0.312. The number of fused-ring (bicyclic) bond motifs is 1. The molecule has 0 aliphatic heterocycles. The highest BCUT2D eigenvalue weighted by atomic mass is 32.2. The van der Waals surface area contributed by atoms with Crippen molar-refractivity contribution in [2.24, 2.45) is 0 Å². The van der Waals surface area contributed by atoms with Gasteiger partial charge in [-0.2, -0.15) is 17.4 Å². The van der Waals surface area contributed by atoms with E-state index in [0.717, 1.165) is 29.2 Å². The summed E-state index contributed by atoms with van der Waals surface area (Å²) in [5, 5.41) is 10.7. The van der Waals surface area contributed by atoms with Crippen molar-refractivity contribution in [1.29, 1.82) is 0 Å². The molecule has 23 heavy (non-hydrogen) atoms. The lowest BCUT2D eigenvalue weighted by Gasteiger charge is -2.17.